The highest BCUT2D eigenvalue weighted by atomic mass is 35.5. The summed E-state index contributed by atoms with van der Waals surface area (Å²) < 4.78 is 13.1. The van der Waals surface area contributed by atoms with Gasteiger partial charge in [-0.1, -0.05) is 17.7 Å². The van der Waals surface area contributed by atoms with Crippen LogP contribution in [0.25, 0.3) is 0 Å². The van der Waals surface area contributed by atoms with Crippen molar-refractivity contribution in [3.05, 3.63) is 52.8 Å². The molecule has 0 aromatic heterocycles. The average Bonchev–Trinajstić information content (AvgIpc) is 2.53. The van der Waals surface area contributed by atoms with Crippen molar-refractivity contribution in [3.63, 3.8) is 0 Å². The van der Waals surface area contributed by atoms with Gasteiger partial charge in [-0.25, -0.2) is 4.39 Å². The summed E-state index contributed by atoms with van der Waals surface area (Å²) in [7, 11) is 1.67. The Bertz CT molecular complexity index is 760. The van der Waals surface area contributed by atoms with Gasteiger partial charge in [0.2, 0.25) is 0 Å². The van der Waals surface area contributed by atoms with Gasteiger partial charge in [0.1, 0.15) is 5.82 Å². The van der Waals surface area contributed by atoms with Gasteiger partial charge < -0.3 is 25.5 Å². The van der Waals surface area contributed by atoms with Crippen LogP contribution in [0.2, 0.25) is 5.02 Å². The molecule has 4 N–H and O–H groups in total. The summed E-state index contributed by atoms with van der Waals surface area (Å²) in [6.07, 6.45) is -0.932. The fourth-order valence-corrected chi connectivity index (χ4v) is 2.36. The standard InChI is InChI=1S/C16H16ClFN2O3S/c1-20(8-15(23)9-2-5-13(21)14(22)6-9)16(24)19-10-3-4-12(18)11(17)7-10/h2-7,15,21-23H,8H2,1H3,(H,19,24). The summed E-state index contributed by atoms with van der Waals surface area (Å²) in [5.74, 6) is -1.09. The Morgan fingerprint density at radius 1 is 1.25 bits per heavy atom. The number of thiocarbonyl (C=S) groups is 1. The molecule has 0 saturated heterocycles. The summed E-state index contributed by atoms with van der Waals surface area (Å²) >= 11 is 10.9. The second-order valence-corrected chi connectivity index (χ2v) is 6.00. The fourth-order valence-electron chi connectivity index (χ4n) is 1.99. The van der Waals surface area contributed by atoms with Crippen LogP contribution in [0.5, 0.6) is 11.5 Å². The first-order chi connectivity index (χ1) is 11.3. The smallest absolute Gasteiger partial charge is 0.173 e. The zero-order valence-corrected chi connectivity index (χ0v) is 14.3. The van der Waals surface area contributed by atoms with Crippen LogP contribution in [0.3, 0.4) is 0 Å². The molecule has 0 aliphatic carbocycles. The minimum Gasteiger partial charge on any atom is -0.504 e. The Morgan fingerprint density at radius 3 is 2.58 bits per heavy atom. The van der Waals surface area contributed by atoms with Crippen molar-refractivity contribution in [1.82, 2.24) is 4.90 Å². The minimum absolute atomic E-state index is 0.0231. The first-order valence-electron chi connectivity index (χ1n) is 6.95. The number of nitrogens with one attached hydrogen (secondary N) is 1. The van der Waals surface area contributed by atoms with Gasteiger partial charge >= 0.3 is 0 Å². The SMILES string of the molecule is CN(CC(O)c1ccc(O)c(O)c1)C(=S)Nc1ccc(F)c(Cl)c1. The van der Waals surface area contributed by atoms with Crippen LogP contribution >= 0.6 is 23.8 Å². The molecule has 8 heteroatoms. The number of rotatable bonds is 4. The van der Waals surface area contributed by atoms with Crippen LogP contribution in [-0.4, -0.2) is 38.9 Å². The van der Waals surface area contributed by atoms with Crippen molar-refractivity contribution in [1.29, 1.82) is 0 Å². The molecule has 0 bridgehead atoms. The van der Waals surface area contributed by atoms with E-state index < -0.39 is 11.9 Å². The number of benzene rings is 2. The van der Waals surface area contributed by atoms with Crippen molar-refractivity contribution in [3.8, 4) is 11.5 Å². The predicted molar refractivity (Wildman–Crippen MR) is 95.0 cm³/mol. The second-order valence-electron chi connectivity index (χ2n) is 5.20. The van der Waals surface area contributed by atoms with Crippen molar-refractivity contribution < 1.29 is 19.7 Å². The highest BCUT2D eigenvalue weighted by Gasteiger charge is 2.15. The van der Waals surface area contributed by atoms with Crippen LogP contribution < -0.4 is 5.32 Å². The molecule has 0 fully saturated rings. The molecule has 2 rings (SSSR count). The molecular weight excluding hydrogens is 355 g/mol. The van der Waals surface area contributed by atoms with E-state index in [4.69, 9.17) is 23.8 Å². The van der Waals surface area contributed by atoms with Gasteiger partial charge in [-0.2, -0.15) is 0 Å². The average molecular weight is 371 g/mol. The molecule has 0 aliphatic heterocycles. The molecule has 0 aliphatic rings. The molecule has 1 unspecified atom stereocenters. The molecule has 0 saturated carbocycles. The van der Waals surface area contributed by atoms with Crippen LogP contribution in [0.4, 0.5) is 10.1 Å². The molecule has 2 aromatic rings. The summed E-state index contributed by atoms with van der Waals surface area (Å²) in [5.41, 5.74) is 0.958. The van der Waals surface area contributed by atoms with Crippen LogP contribution in [0.1, 0.15) is 11.7 Å². The maximum atomic E-state index is 13.1. The number of halogens is 2. The van der Waals surface area contributed by atoms with Crippen LogP contribution in [0.15, 0.2) is 36.4 Å². The van der Waals surface area contributed by atoms with Crippen molar-refractivity contribution >= 4 is 34.6 Å². The molecule has 5 nitrogen and oxygen atoms in total. The van der Waals surface area contributed by atoms with E-state index in [2.05, 4.69) is 5.32 Å². The quantitative estimate of drug-likeness (QED) is 0.489. The lowest BCUT2D eigenvalue weighted by molar-refractivity contribution is 0.152. The summed E-state index contributed by atoms with van der Waals surface area (Å²) in [5, 5.41) is 32.2. The maximum absolute atomic E-state index is 13.1. The van der Waals surface area contributed by atoms with E-state index in [0.29, 0.717) is 16.4 Å². The number of phenolic OH excluding ortho intramolecular Hbond substituents is 2. The Labute approximate surface area is 148 Å². The number of phenols is 2. The van der Waals surface area contributed by atoms with Crippen LogP contribution in [-0.2, 0) is 0 Å². The number of aliphatic hydroxyl groups is 1. The second kappa shape index (κ2) is 7.65. The maximum Gasteiger partial charge on any atom is 0.173 e. The Balaban J connectivity index is 1.99. The highest BCUT2D eigenvalue weighted by molar-refractivity contribution is 7.80. The van der Waals surface area contributed by atoms with Gasteiger partial charge in [-0.3, -0.25) is 0 Å². The lowest BCUT2D eigenvalue weighted by Crippen LogP contribution is -2.34. The first-order valence-corrected chi connectivity index (χ1v) is 7.73. The lowest BCUT2D eigenvalue weighted by Gasteiger charge is -2.24. The van der Waals surface area contributed by atoms with E-state index >= 15 is 0 Å². The summed E-state index contributed by atoms with van der Waals surface area (Å²) in [6.45, 7) is 0.144. The van der Waals surface area contributed by atoms with E-state index in [1.165, 1.54) is 36.4 Å². The number of anilines is 1. The molecule has 2 aromatic carbocycles. The first kappa shape index (κ1) is 18.3. The molecule has 0 heterocycles. The number of likely N-dealkylation sites (N-methyl/N-ethyl adjacent to an activating group) is 1. The van der Waals surface area contributed by atoms with Gasteiger partial charge in [-0.15, -0.1) is 0 Å². The predicted octanol–water partition coefficient (Wildman–Crippen LogP) is 3.25. The third kappa shape index (κ3) is 4.47. The van der Waals surface area contributed by atoms with Gasteiger partial charge in [-0.05, 0) is 48.1 Å². The molecule has 128 valence electrons. The van der Waals surface area contributed by atoms with Crippen molar-refractivity contribution in [2.75, 3.05) is 18.9 Å². The van der Waals surface area contributed by atoms with E-state index in [0.717, 1.165) is 0 Å². The Kier molecular flexibility index (Phi) is 5.82. The summed E-state index contributed by atoms with van der Waals surface area (Å²) in [4.78, 5) is 1.58. The molecule has 0 amide bonds. The normalized spacial score (nSPS) is 11.8. The van der Waals surface area contributed by atoms with Gasteiger partial charge in [0.05, 0.1) is 11.1 Å². The third-order valence-electron chi connectivity index (χ3n) is 3.35. The molecule has 0 spiro atoms. The third-order valence-corrected chi connectivity index (χ3v) is 4.05. The Hall–Kier alpha value is -2.09. The van der Waals surface area contributed by atoms with E-state index in [1.807, 2.05) is 0 Å². The highest BCUT2D eigenvalue weighted by Crippen LogP contribution is 2.28. The monoisotopic (exact) mass is 370 g/mol. The summed E-state index contributed by atoms with van der Waals surface area (Å²) in [6, 6.07) is 8.21. The number of aliphatic hydroxyl groups excluding tert-OH is 1. The molecule has 1 atom stereocenters. The van der Waals surface area contributed by atoms with Crippen LogP contribution in [0, 0.1) is 5.82 Å². The number of nitrogens with zero attached hydrogens (tertiary/aromatic N) is 1. The van der Waals surface area contributed by atoms with E-state index in [-0.39, 0.29) is 23.1 Å². The number of hydrogen-bond donors (Lipinski definition) is 4. The van der Waals surface area contributed by atoms with Gasteiger partial charge in [0.25, 0.3) is 0 Å². The van der Waals surface area contributed by atoms with Gasteiger partial charge in [0, 0.05) is 19.3 Å². The zero-order chi connectivity index (χ0) is 17.9. The lowest BCUT2D eigenvalue weighted by atomic mass is 10.1. The minimum atomic E-state index is -0.932. The van der Waals surface area contributed by atoms with Gasteiger partial charge in [0.15, 0.2) is 16.6 Å². The molecule has 24 heavy (non-hydrogen) atoms. The van der Waals surface area contributed by atoms with E-state index in [1.54, 1.807) is 11.9 Å². The fraction of sp³-hybridized carbons (Fsp3) is 0.188. The number of aromatic hydroxyl groups is 2. The largest absolute Gasteiger partial charge is 0.504 e. The molecule has 0 radical (unpaired) electrons. The van der Waals surface area contributed by atoms with E-state index in [9.17, 15) is 19.7 Å². The van der Waals surface area contributed by atoms with Crippen molar-refractivity contribution in [2.24, 2.45) is 0 Å². The Morgan fingerprint density at radius 2 is 1.96 bits per heavy atom. The van der Waals surface area contributed by atoms with Crippen molar-refractivity contribution in [2.45, 2.75) is 6.10 Å². The number of hydrogen-bond acceptors (Lipinski definition) is 4. The topological polar surface area (TPSA) is 76.0 Å². The molecular formula is C16H16ClFN2O3S. The zero-order valence-electron chi connectivity index (χ0n) is 12.7.